The van der Waals surface area contributed by atoms with Gasteiger partial charge in [-0.3, -0.25) is 4.90 Å². The van der Waals surface area contributed by atoms with Crippen molar-refractivity contribution in [2.45, 2.75) is 38.8 Å². The number of aromatic hydroxyl groups is 1. The topological polar surface area (TPSA) is 23.5 Å². The van der Waals surface area contributed by atoms with E-state index in [9.17, 15) is 5.11 Å². The monoisotopic (exact) mass is 273 g/mol. The molecule has 0 bridgehead atoms. The van der Waals surface area contributed by atoms with Gasteiger partial charge in [-0.1, -0.05) is 29.6 Å². The summed E-state index contributed by atoms with van der Waals surface area (Å²) < 4.78 is 0. The van der Waals surface area contributed by atoms with Gasteiger partial charge in [0.2, 0.25) is 0 Å². The second kappa shape index (κ2) is 5.47. The molecule has 0 amide bonds. The minimum Gasteiger partial charge on any atom is -0.506 e. The highest BCUT2D eigenvalue weighted by Crippen LogP contribution is 2.33. The zero-order chi connectivity index (χ0) is 12.4. The summed E-state index contributed by atoms with van der Waals surface area (Å²) in [7, 11) is 0. The van der Waals surface area contributed by atoms with Crippen LogP contribution in [0.5, 0.6) is 5.75 Å². The molecule has 1 aromatic carbocycles. The molecule has 0 saturated carbocycles. The second-order valence-electron chi connectivity index (χ2n) is 4.71. The minimum absolute atomic E-state index is 0.161. The lowest BCUT2D eigenvalue weighted by Gasteiger charge is -2.33. The van der Waals surface area contributed by atoms with E-state index in [1.54, 1.807) is 12.1 Å². The summed E-state index contributed by atoms with van der Waals surface area (Å²) in [5, 5.41) is 10.8. The van der Waals surface area contributed by atoms with Crippen molar-refractivity contribution in [1.82, 2.24) is 4.90 Å². The Balaban J connectivity index is 2.17. The standard InChI is InChI=1S/C13H17Cl2NO/c1-9-4-2-3-5-16(9)8-10-6-11(14)7-12(15)13(10)17/h6-7,9,17H,2-5,8H2,1H3. The smallest absolute Gasteiger partial charge is 0.138 e. The molecule has 1 fully saturated rings. The summed E-state index contributed by atoms with van der Waals surface area (Å²) in [6.45, 7) is 4.01. The Labute approximate surface area is 112 Å². The van der Waals surface area contributed by atoms with Crippen molar-refractivity contribution in [2.75, 3.05) is 6.54 Å². The van der Waals surface area contributed by atoms with Crippen LogP contribution in [-0.2, 0) is 6.54 Å². The molecule has 2 nitrogen and oxygen atoms in total. The Morgan fingerprint density at radius 1 is 1.35 bits per heavy atom. The number of hydrogen-bond donors (Lipinski definition) is 1. The predicted octanol–water partition coefficient (Wildman–Crippen LogP) is 4.07. The van der Waals surface area contributed by atoms with E-state index >= 15 is 0 Å². The van der Waals surface area contributed by atoms with Gasteiger partial charge in [0.05, 0.1) is 5.02 Å². The largest absolute Gasteiger partial charge is 0.506 e. The molecule has 2 rings (SSSR count). The van der Waals surface area contributed by atoms with Gasteiger partial charge in [-0.05, 0) is 38.4 Å². The number of halogens is 2. The average Bonchev–Trinajstić information content (AvgIpc) is 2.28. The molecular formula is C13H17Cl2NO. The van der Waals surface area contributed by atoms with Crippen molar-refractivity contribution in [2.24, 2.45) is 0 Å². The van der Waals surface area contributed by atoms with E-state index in [0.717, 1.165) is 12.1 Å². The van der Waals surface area contributed by atoms with E-state index in [4.69, 9.17) is 23.2 Å². The Morgan fingerprint density at radius 3 is 2.82 bits per heavy atom. The van der Waals surface area contributed by atoms with Gasteiger partial charge in [0.15, 0.2) is 0 Å². The number of phenols is 1. The zero-order valence-electron chi connectivity index (χ0n) is 9.92. The molecular weight excluding hydrogens is 257 g/mol. The van der Waals surface area contributed by atoms with Crippen molar-refractivity contribution in [3.63, 3.8) is 0 Å². The fraction of sp³-hybridized carbons (Fsp3) is 0.538. The number of benzene rings is 1. The highest BCUT2D eigenvalue weighted by atomic mass is 35.5. The Morgan fingerprint density at radius 2 is 2.12 bits per heavy atom. The van der Waals surface area contributed by atoms with Gasteiger partial charge >= 0.3 is 0 Å². The third-order valence-electron chi connectivity index (χ3n) is 3.42. The molecule has 1 unspecified atom stereocenters. The highest BCUT2D eigenvalue weighted by molar-refractivity contribution is 6.35. The lowest BCUT2D eigenvalue weighted by atomic mass is 10.0. The number of nitrogens with zero attached hydrogens (tertiary/aromatic N) is 1. The summed E-state index contributed by atoms with van der Waals surface area (Å²) in [5.41, 5.74) is 0.816. The van der Waals surface area contributed by atoms with Gasteiger partial charge in [0, 0.05) is 23.2 Å². The molecule has 4 heteroatoms. The van der Waals surface area contributed by atoms with Crippen LogP contribution in [0.1, 0.15) is 31.7 Å². The Kier molecular flexibility index (Phi) is 4.18. The third kappa shape index (κ3) is 3.06. The number of phenolic OH excluding ortho intramolecular Hbond substituents is 1. The summed E-state index contributed by atoms with van der Waals surface area (Å²) in [6.07, 6.45) is 3.73. The summed E-state index contributed by atoms with van der Waals surface area (Å²) in [4.78, 5) is 2.37. The lowest BCUT2D eigenvalue weighted by Crippen LogP contribution is -2.36. The number of hydrogen-bond acceptors (Lipinski definition) is 2. The summed E-state index contributed by atoms with van der Waals surface area (Å²) in [6, 6.07) is 3.92. The lowest BCUT2D eigenvalue weighted by molar-refractivity contribution is 0.151. The normalized spacial score (nSPS) is 21.7. The SMILES string of the molecule is CC1CCCCN1Cc1cc(Cl)cc(Cl)c1O. The van der Waals surface area contributed by atoms with Crippen molar-refractivity contribution >= 4 is 23.2 Å². The maximum atomic E-state index is 9.92. The Bertz CT molecular complexity index is 409. The summed E-state index contributed by atoms with van der Waals surface area (Å²) in [5.74, 6) is 0.161. The van der Waals surface area contributed by atoms with Crippen molar-refractivity contribution in [1.29, 1.82) is 0 Å². The molecule has 1 aliphatic heterocycles. The van der Waals surface area contributed by atoms with E-state index in [-0.39, 0.29) is 5.75 Å². The highest BCUT2D eigenvalue weighted by Gasteiger charge is 2.20. The number of piperidine rings is 1. The molecule has 94 valence electrons. The second-order valence-corrected chi connectivity index (χ2v) is 5.55. The van der Waals surface area contributed by atoms with Crippen LogP contribution in [0.4, 0.5) is 0 Å². The molecule has 1 saturated heterocycles. The molecule has 0 spiro atoms. The van der Waals surface area contributed by atoms with E-state index < -0.39 is 0 Å². The van der Waals surface area contributed by atoms with Crippen LogP contribution >= 0.6 is 23.2 Å². The van der Waals surface area contributed by atoms with E-state index in [0.29, 0.717) is 22.6 Å². The fourth-order valence-electron chi connectivity index (χ4n) is 2.35. The fourth-order valence-corrected chi connectivity index (χ4v) is 2.89. The Hall–Kier alpha value is -0.440. The predicted molar refractivity (Wildman–Crippen MR) is 71.8 cm³/mol. The van der Waals surface area contributed by atoms with Crippen LogP contribution in [-0.4, -0.2) is 22.6 Å². The maximum absolute atomic E-state index is 9.92. The first-order valence-corrected chi connectivity index (χ1v) is 6.74. The molecule has 1 atom stereocenters. The van der Waals surface area contributed by atoms with Gasteiger partial charge in [0.1, 0.15) is 5.75 Å². The first-order chi connectivity index (χ1) is 8.08. The third-order valence-corrected chi connectivity index (χ3v) is 3.93. The van der Waals surface area contributed by atoms with E-state index in [1.807, 2.05) is 0 Å². The van der Waals surface area contributed by atoms with Crippen LogP contribution in [0, 0.1) is 0 Å². The molecule has 1 N–H and O–H groups in total. The summed E-state index contributed by atoms with van der Waals surface area (Å²) >= 11 is 11.9. The first-order valence-electron chi connectivity index (χ1n) is 5.99. The first kappa shape index (κ1) is 13.0. The maximum Gasteiger partial charge on any atom is 0.138 e. The number of likely N-dealkylation sites (tertiary alicyclic amines) is 1. The van der Waals surface area contributed by atoms with E-state index in [1.165, 1.54) is 19.3 Å². The molecule has 0 aromatic heterocycles. The van der Waals surface area contributed by atoms with Gasteiger partial charge in [-0.2, -0.15) is 0 Å². The van der Waals surface area contributed by atoms with E-state index in [2.05, 4.69) is 11.8 Å². The van der Waals surface area contributed by atoms with Gasteiger partial charge < -0.3 is 5.11 Å². The van der Waals surface area contributed by atoms with Crippen molar-refractivity contribution in [3.05, 3.63) is 27.7 Å². The molecule has 0 aliphatic carbocycles. The quantitative estimate of drug-likeness (QED) is 0.878. The van der Waals surface area contributed by atoms with Crippen LogP contribution in [0.25, 0.3) is 0 Å². The minimum atomic E-state index is 0.161. The molecule has 1 aliphatic rings. The van der Waals surface area contributed by atoms with Gasteiger partial charge in [-0.15, -0.1) is 0 Å². The molecule has 0 radical (unpaired) electrons. The van der Waals surface area contributed by atoms with Crippen LogP contribution in [0.3, 0.4) is 0 Å². The van der Waals surface area contributed by atoms with Crippen molar-refractivity contribution < 1.29 is 5.11 Å². The average molecular weight is 274 g/mol. The molecule has 1 aromatic rings. The van der Waals surface area contributed by atoms with Gasteiger partial charge in [-0.25, -0.2) is 0 Å². The zero-order valence-corrected chi connectivity index (χ0v) is 11.4. The number of rotatable bonds is 2. The van der Waals surface area contributed by atoms with Gasteiger partial charge in [0.25, 0.3) is 0 Å². The molecule has 17 heavy (non-hydrogen) atoms. The van der Waals surface area contributed by atoms with Crippen LogP contribution in [0.15, 0.2) is 12.1 Å². The molecule has 1 heterocycles. The van der Waals surface area contributed by atoms with Crippen molar-refractivity contribution in [3.8, 4) is 5.75 Å². The van der Waals surface area contributed by atoms with Crippen LogP contribution in [0.2, 0.25) is 10.0 Å². The van der Waals surface area contributed by atoms with Crippen LogP contribution < -0.4 is 0 Å².